The van der Waals surface area contributed by atoms with E-state index in [0.717, 1.165) is 31.2 Å². The summed E-state index contributed by atoms with van der Waals surface area (Å²) < 4.78 is 0. The van der Waals surface area contributed by atoms with Crippen LogP contribution in [0.15, 0.2) is 30.3 Å². The molecule has 0 aliphatic carbocycles. The number of carboxylic acids is 2. The van der Waals surface area contributed by atoms with Crippen molar-refractivity contribution in [3.63, 3.8) is 0 Å². The largest absolute Gasteiger partial charge is 0.481 e. The van der Waals surface area contributed by atoms with Crippen LogP contribution in [0.3, 0.4) is 0 Å². The Hall–Kier alpha value is -1.84. The maximum atomic E-state index is 12.2. The number of carbonyl (C=O) groups is 2. The topological polar surface area (TPSA) is 74.6 Å². The lowest BCUT2D eigenvalue weighted by Gasteiger charge is -2.43. The predicted octanol–water partition coefficient (Wildman–Crippen LogP) is 4.77. The van der Waals surface area contributed by atoms with Gasteiger partial charge in [0.05, 0.1) is 10.8 Å². The molecule has 1 aromatic carbocycles. The zero-order valence-electron chi connectivity index (χ0n) is 15.0. The highest BCUT2D eigenvalue weighted by Crippen LogP contribution is 2.49. The van der Waals surface area contributed by atoms with Gasteiger partial charge < -0.3 is 10.2 Å². The molecule has 0 saturated heterocycles. The Morgan fingerprint density at radius 3 is 2.04 bits per heavy atom. The second-order valence-corrected chi connectivity index (χ2v) is 6.85. The van der Waals surface area contributed by atoms with E-state index >= 15 is 0 Å². The predicted molar refractivity (Wildman–Crippen MR) is 95.0 cm³/mol. The van der Waals surface area contributed by atoms with Crippen molar-refractivity contribution in [1.82, 2.24) is 0 Å². The van der Waals surface area contributed by atoms with Gasteiger partial charge in [0, 0.05) is 0 Å². The highest BCUT2D eigenvalue weighted by atomic mass is 16.4. The molecule has 1 rings (SSSR count). The number of aliphatic carboxylic acids is 2. The summed E-state index contributed by atoms with van der Waals surface area (Å²) in [6.07, 6.45) is 4.68. The molecular formula is C20H30O4. The molecule has 0 spiro atoms. The van der Waals surface area contributed by atoms with Crippen LogP contribution >= 0.6 is 0 Å². The Morgan fingerprint density at radius 1 is 0.958 bits per heavy atom. The van der Waals surface area contributed by atoms with Crippen molar-refractivity contribution in [2.45, 2.75) is 65.7 Å². The number of unbranched alkanes of at least 4 members (excludes halogenated alkanes) is 3. The highest BCUT2D eigenvalue weighted by Gasteiger charge is 2.56. The van der Waals surface area contributed by atoms with Crippen LogP contribution in [-0.2, 0) is 16.0 Å². The summed E-state index contributed by atoms with van der Waals surface area (Å²) in [6.45, 7) is 5.49. The van der Waals surface area contributed by atoms with Gasteiger partial charge in [0.25, 0.3) is 0 Å². The summed E-state index contributed by atoms with van der Waals surface area (Å²) in [5.74, 6) is -2.03. The van der Waals surface area contributed by atoms with Crippen molar-refractivity contribution in [3.8, 4) is 0 Å². The van der Waals surface area contributed by atoms with E-state index in [9.17, 15) is 19.8 Å². The zero-order valence-corrected chi connectivity index (χ0v) is 15.0. The van der Waals surface area contributed by atoms with Gasteiger partial charge in [-0.3, -0.25) is 9.59 Å². The molecule has 134 valence electrons. The summed E-state index contributed by atoms with van der Waals surface area (Å²) in [4.78, 5) is 24.4. The summed E-state index contributed by atoms with van der Waals surface area (Å²) in [7, 11) is 0. The summed E-state index contributed by atoms with van der Waals surface area (Å²) in [5.41, 5.74) is -1.74. The minimum absolute atomic E-state index is 0.232. The van der Waals surface area contributed by atoms with Crippen molar-refractivity contribution in [1.29, 1.82) is 0 Å². The molecule has 4 heteroatoms. The monoisotopic (exact) mass is 334 g/mol. The molecule has 4 nitrogen and oxygen atoms in total. The Labute approximate surface area is 144 Å². The summed E-state index contributed by atoms with van der Waals surface area (Å²) in [5, 5.41) is 19.9. The van der Waals surface area contributed by atoms with Crippen LogP contribution < -0.4 is 0 Å². The fourth-order valence-electron chi connectivity index (χ4n) is 3.57. The molecule has 24 heavy (non-hydrogen) atoms. The maximum Gasteiger partial charge on any atom is 0.311 e. The highest BCUT2D eigenvalue weighted by molar-refractivity contribution is 5.86. The molecule has 2 unspecified atom stereocenters. The Balaban J connectivity index is 3.21. The normalized spacial score (nSPS) is 16.1. The van der Waals surface area contributed by atoms with Crippen molar-refractivity contribution in [3.05, 3.63) is 35.9 Å². The minimum Gasteiger partial charge on any atom is -0.481 e. The first-order chi connectivity index (χ1) is 11.3. The molecule has 2 N–H and O–H groups in total. The molecule has 0 heterocycles. The zero-order chi connectivity index (χ0) is 18.2. The van der Waals surface area contributed by atoms with Crippen molar-refractivity contribution < 1.29 is 19.8 Å². The van der Waals surface area contributed by atoms with Crippen LogP contribution in [0.25, 0.3) is 0 Å². The number of benzene rings is 1. The number of hydrogen-bond acceptors (Lipinski definition) is 2. The first-order valence-electron chi connectivity index (χ1n) is 8.84. The van der Waals surface area contributed by atoms with Gasteiger partial charge in [0.1, 0.15) is 0 Å². The average molecular weight is 334 g/mol. The second-order valence-electron chi connectivity index (χ2n) is 6.85. The number of hydrogen-bond donors (Lipinski definition) is 2. The van der Waals surface area contributed by atoms with Gasteiger partial charge in [-0.05, 0) is 31.7 Å². The second kappa shape index (κ2) is 8.86. The maximum absolute atomic E-state index is 12.2. The van der Waals surface area contributed by atoms with Crippen molar-refractivity contribution in [2.24, 2.45) is 10.8 Å². The van der Waals surface area contributed by atoms with Crippen LogP contribution in [0.2, 0.25) is 0 Å². The van der Waals surface area contributed by atoms with E-state index in [0.29, 0.717) is 6.42 Å². The minimum atomic E-state index is -1.31. The van der Waals surface area contributed by atoms with Gasteiger partial charge in [-0.2, -0.15) is 0 Å². The van der Waals surface area contributed by atoms with E-state index in [4.69, 9.17) is 0 Å². The van der Waals surface area contributed by atoms with Crippen molar-refractivity contribution in [2.75, 3.05) is 0 Å². The van der Waals surface area contributed by atoms with Gasteiger partial charge in [0.2, 0.25) is 0 Å². The van der Waals surface area contributed by atoms with E-state index in [1.165, 1.54) is 0 Å². The average Bonchev–Trinajstić information content (AvgIpc) is 2.56. The van der Waals surface area contributed by atoms with Gasteiger partial charge in [-0.25, -0.2) is 0 Å². The molecule has 0 fully saturated rings. The Bertz CT molecular complexity index is 540. The first-order valence-corrected chi connectivity index (χ1v) is 8.84. The van der Waals surface area contributed by atoms with Gasteiger partial charge >= 0.3 is 11.9 Å². The Kier molecular flexibility index (Phi) is 7.46. The van der Waals surface area contributed by atoms with Crippen molar-refractivity contribution >= 4 is 11.9 Å². The van der Waals surface area contributed by atoms with E-state index in [1.807, 2.05) is 30.3 Å². The molecule has 2 atom stereocenters. The molecule has 0 radical (unpaired) electrons. The summed E-state index contributed by atoms with van der Waals surface area (Å²) in [6, 6.07) is 9.33. The van der Waals surface area contributed by atoms with Gasteiger partial charge in [0.15, 0.2) is 0 Å². The number of carboxylic acid groups (broad SMARTS) is 2. The standard InChI is InChI=1S/C20H30O4/c1-4-6-7-11-14-19(3,17(21)22)20(5-2,18(23)24)15-16-12-9-8-10-13-16/h8-10,12-13H,4-7,11,14-15H2,1-3H3,(H,21,22)(H,23,24). The van der Waals surface area contributed by atoms with Gasteiger partial charge in [-0.15, -0.1) is 0 Å². The quantitative estimate of drug-likeness (QED) is 0.572. The Morgan fingerprint density at radius 2 is 1.58 bits per heavy atom. The first kappa shape index (κ1) is 20.2. The molecule has 1 aromatic rings. The van der Waals surface area contributed by atoms with Crippen LogP contribution in [-0.4, -0.2) is 22.2 Å². The summed E-state index contributed by atoms with van der Waals surface area (Å²) >= 11 is 0. The van der Waals surface area contributed by atoms with E-state index < -0.39 is 22.8 Å². The molecule has 0 aliphatic rings. The van der Waals surface area contributed by atoms with E-state index in [2.05, 4.69) is 6.92 Å². The fraction of sp³-hybridized carbons (Fsp3) is 0.600. The third-order valence-corrected chi connectivity index (χ3v) is 5.42. The lowest BCUT2D eigenvalue weighted by Crippen LogP contribution is -2.52. The fourth-order valence-corrected chi connectivity index (χ4v) is 3.57. The third-order valence-electron chi connectivity index (χ3n) is 5.42. The molecule has 0 aliphatic heterocycles. The SMILES string of the molecule is CCCCCCC(C)(C(=O)O)C(CC)(Cc1ccccc1)C(=O)O. The molecule has 0 bridgehead atoms. The molecule has 0 saturated carbocycles. The van der Waals surface area contributed by atoms with E-state index in [1.54, 1.807) is 13.8 Å². The van der Waals surface area contributed by atoms with E-state index in [-0.39, 0.29) is 12.8 Å². The lowest BCUT2D eigenvalue weighted by molar-refractivity contribution is -0.174. The molecule has 0 amide bonds. The van der Waals surface area contributed by atoms with Crippen LogP contribution in [0, 0.1) is 10.8 Å². The van der Waals surface area contributed by atoms with Crippen LogP contribution in [0.4, 0.5) is 0 Å². The lowest BCUT2D eigenvalue weighted by atomic mass is 9.58. The smallest absolute Gasteiger partial charge is 0.311 e. The van der Waals surface area contributed by atoms with Gasteiger partial charge in [-0.1, -0.05) is 69.9 Å². The molecular weight excluding hydrogens is 304 g/mol. The van der Waals surface area contributed by atoms with Crippen LogP contribution in [0.1, 0.15) is 64.9 Å². The van der Waals surface area contributed by atoms with Crippen LogP contribution in [0.5, 0.6) is 0 Å². The molecule has 0 aromatic heterocycles. The number of rotatable bonds is 11. The third kappa shape index (κ3) is 4.16.